The van der Waals surface area contributed by atoms with Crippen molar-refractivity contribution in [3.05, 3.63) is 0 Å². The zero-order valence-electron chi connectivity index (χ0n) is 10.0. The molecular formula is C10H22N2O4. The average molecular weight is 234 g/mol. The van der Waals surface area contributed by atoms with Crippen LogP contribution in [0.15, 0.2) is 0 Å². The van der Waals surface area contributed by atoms with Gasteiger partial charge in [-0.1, -0.05) is 6.92 Å². The van der Waals surface area contributed by atoms with Crippen LogP contribution < -0.4 is 11.1 Å². The first-order valence-corrected chi connectivity index (χ1v) is 5.39. The van der Waals surface area contributed by atoms with Crippen LogP contribution in [0.3, 0.4) is 0 Å². The quantitative estimate of drug-likeness (QED) is 0.454. The van der Waals surface area contributed by atoms with Crippen LogP contribution in [-0.2, 0) is 19.0 Å². The van der Waals surface area contributed by atoms with Gasteiger partial charge in [0.05, 0.1) is 33.0 Å². The third-order valence-electron chi connectivity index (χ3n) is 1.88. The van der Waals surface area contributed by atoms with Crippen molar-refractivity contribution in [2.75, 3.05) is 46.7 Å². The summed E-state index contributed by atoms with van der Waals surface area (Å²) in [5.41, 5.74) is 5.17. The summed E-state index contributed by atoms with van der Waals surface area (Å²) in [6.45, 7) is 4.91. The van der Waals surface area contributed by atoms with Crippen molar-refractivity contribution in [2.45, 2.75) is 13.0 Å². The van der Waals surface area contributed by atoms with E-state index in [1.807, 2.05) is 6.92 Å². The van der Waals surface area contributed by atoms with Gasteiger partial charge in [-0.3, -0.25) is 4.79 Å². The molecule has 6 nitrogen and oxygen atoms in total. The predicted octanol–water partition coefficient (Wildman–Crippen LogP) is -0.871. The normalized spacial score (nSPS) is 12.6. The molecule has 1 amide bonds. The van der Waals surface area contributed by atoms with Gasteiger partial charge in [0.1, 0.15) is 6.04 Å². The first-order chi connectivity index (χ1) is 7.72. The molecule has 0 bridgehead atoms. The molecule has 0 aromatic heterocycles. The Morgan fingerprint density at radius 1 is 1.25 bits per heavy atom. The second-order valence-electron chi connectivity index (χ2n) is 3.19. The number of nitrogens with two attached hydrogens (primary N) is 1. The van der Waals surface area contributed by atoms with E-state index in [9.17, 15) is 4.79 Å². The minimum atomic E-state index is -0.427. The third kappa shape index (κ3) is 8.60. The highest BCUT2D eigenvalue weighted by Crippen LogP contribution is 1.86. The Bertz CT molecular complexity index is 178. The van der Waals surface area contributed by atoms with Gasteiger partial charge in [-0.15, -0.1) is 0 Å². The van der Waals surface area contributed by atoms with E-state index in [1.54, 1.807) is 7.11 Å². The van der Waals surface area contributed by atoms with Crippen LogP contribution in [0.4, 0.5) is 0 Å². The lowest BCUT2D eigenvalue weighted by Crippen LogP contribution is -2.44. The molecule has 0 aromatic carbocycles. The summed E-state index contributed by atoms with van der Waals surface area (Å²) in [5.74, 6) is -0.401. The van der Waals surface area contributed by atoms with E-state index >= 15 is 0 Å². The maximum absolute atomic E-state index is 10.9. The predicted molar refractivity (Wildman–Crippen MR) is 60.2 cm³/mol. The number of carbonyl (C=O) groups is 1. The number of methoxy groups -OCH3 is 1. The van der Waals surface area contributed by atoms with Crippen molar-refractivity contribution in [1.82, 2.24) is 5.32 Å². The standard InChI is InChI=1S/C10H22N2O4/c1-3-12-9(10(11)13)8-16-7-6-15-5-4-14-2/h9,12H,3-8H2,1-2H3,(H2,11,13). The number of primary amides is 1. The summed E-state index contributed by atoms with van der Waals surface area (Å²) < 4.78 is 15.3. The molecule has 3 N–H and O–H groups in total. The molecule has 0 aromatic rings. The Labute approximate surface area is 96.4 Å². The van der Waals surface area contributed by atoms with Crippen LogP contribution in [0.2, 0.25) is 0 Å². The number of nitrogens with one attached hydrogen (secondary N) is 1. The maximum atomic E-state index is 10.9. The van der Waals surface area contributed by atoms with Gasteiger partial charge in [0.2, 0.25) is 5.91 Å². The molecule has 96 valence electrons. The lowest BCUT2D eigenvalue weighted by molar-refractivity contribution is -0.121. The molecule has 0 fully saturated rings. The number of hydrogen-bond acceptors (Lipinski definition) is 5. The van der Waals surface area contributed by atoms with Crippen molar-refractivity contribution in [1.29, 1.82) is 0 Å². The molecule has 0 radical (unpaired) electrons. The van der Waals surface area contributed by atoms with Crippen LogP contribution in [0.1, 0.15) is 6.92 Å². The van der Waals surface area contributed by atoms with Gasteiger partial charge in [0.25, 0.3) is 0 Å². The second-order valence-corrected chi connectivity index (χ2v) is 3.19. The highest BCUT2D eigenvalue weighted by Gasteiger charge is 2.13. The molecule has 0 heterocycles. The van der Waals surface area contributed by atoms with E-state index in [1.165, 1.54) is 0 Å². The number of ether oxygens (including phenoxy) is 3. The lowest BCUT2D eigenvalue weighted by Gasteiger charge is -2.14. The molecular weight excluding hydrogens is 212 g/mol. The van der Waals surface area contributed by atoms with Crippen molar-refractivity contribution < 1.29 is 19.0 Å². The largest absolute Gasteiger partial charge is 0.382 e. The fourth-order valence-electron chi connectivity index (χ4n) is 1.05. The number of likely N-dealkylation sites (N-methyl/N-ethyl adjacent to an activating group) is 1. The van der Waals surface area contributed by atoms with Gasteiger partial charge < -0.3 is 25.3 Å². The summed E-state index contributed by atoms with van der Waals surface area (Å²) in [6.07, 6.45) is 0. The van der Waals surface area contributed by atoms with E-state index in [0.717, 1.165) is 0 Å². The maximum Gasteiger partial charge on any atom is 0.236 e. The van der Waals surface area contributed by atoms with E-state index in [0.29, 0.717) is 33.0 Å². The molecule has 0 rings (SSSR count). The fourth-order valence-corrected chi connectivity index (χ4v) is 1.05. The highest BCUT2D eigenvalue weighted by atomic mass is 16.5. The van der Waals surface area contributed by atoms with Crippen LogP contribution in [0.25, 0.3) is 0 Å². The van der Waals surface area contributed by atoms with Crippen molar-refractivity contribution in [2.24, 2.45) is 5.73 Å². The lowest BCUT2D eigenvalue weighted by atomic mass is 10.3. The summed E-state index contributed by atoms with van der Waals surface area (Å²) in [4.78, 5) is 10.9. The van der Waals surface area contributed by atoms with Gasteiger partial charge in [0, 0.05) is 7.11 Å². The van der Waals surface area contributed by atoms with E-state index < -0.39 is 11.9 Å². The van der Waals surface area contributed by atoms with E-state index in [4.69, 9.17) is 19.9 Å². The smallest absolute Gasteiger partial charge is 0.236 e. The Balaban J connectivity index is 3.37. The zero-order valence-corrected chi connectivity index (χ0v) is 10.0. The molecule has 16 heavy (non-hydrogen) atoms. The first kappa shape index (κ1) is 15.3. The van der Waals surface area contributed by atoms with E-state index in [2.05, 4.69) is 5.32 Å². The van der Waals surface area contributed by atoms with Crippen LogP contribution in [0, 0.1) is 0 Å². The zero-order chi connectivity index (χ0) is 12.2. The van der Waals surface area contributed by atoms with Gasteiger partial charge >= 0.3 is 0 Å². The Morgan fingerprint density at radius 3 is 2.44 bits per heavy atom. The van der Waals surface area contributed by atoms with Crippen LogP contribution >= 0.6 is 0 Å². The average Bonchev–Trinajstić information content (AvgIpc) is 2.26. The van der Waals surface area contributed by atoms with Gasteiger partial charge in [-0.05, 0) is 6.54 Å². The fraction of sp³-hybridized carbons (Fsp3) is 0.900. The molecule has 6 heteroatoms. The SMILES string of the molecule is CCNC(COCCOCCOC)C(N)=O. The summed E-state index contributed by atoms with van der Waals surface area (Å²) in [7, 11) is 1.62. The molecule has 1 unspecified atom stereocenters. The highest BCUT2D eigenvalue weighted by molar-refractivity contribution is 5.79. The number of hydrogen-bond donors (Lipinski definition) is 2. The number of rotatable bonds is 11. The van der Waals surface area contributed by atoms with E-state index in [-0.39, 0.29) is 6.61 Å². The molecule has 1 atom stereocenters. The van der Waals surface area contributed by atoms with Gasteiger partial charge in [-0.2, -0.15) is 0 Å². The Hall–Kier alpha value is -0.690. The number of amides is 1. The minimum absolute atomic E-state index is 0.275. The van der Waals surface area contributed by atoms with Crippen LogP contribution in [0.5, 0.6) is 0 Å². The summed E-state index contributed by atoms with van der Waals surface area (Å²) >= 11 is 0. The third-order valence-corrected chi connectivity index (χ3v) is 1.88. The topological polar surface area (TPSA) is 82.8 Å². The second kappa shape index (κ2) is 10.8. The summed E-state index contributed by atoms with van der Waals surface area (Å²) in [5, 5.41) is 2.93. The van der Waals surface area contributed by atoms with Crippen LogP contribution in [-0.4, -0.2) is 58.6 Å². The molecule has 0 spiro atoms. The Kier molecular flexibility index (Phi) is 10.3. The molecule has 0 saturated heterocycles. The minimum Gasteiger partial charge on any atom is -0.382 e. The van der Waals surface area contributed by atoms with Gasteiger partial charge in [0.15, 0.2) is 0 Å². The molecule has 0 saturated carbocycles. The number of carbonyl (C=O) groups excluding carboxylic acids is 1. The van der Waals surface area contributed by atoms with Crippen molar-refractivity contribution in [3.8, 4) is 0 Å². The molecule has 0 aliphatic rings. The van der Waals surface area contributed by atoms with Crippen molar-refractivity contribution in [3.63, 3.8) is 0 Å². The Morgan fingerprint density at radius 2 is 1.88 bits per heavy atom. The first-order valence-electron chi connectivity index (χ1n) is 5.39. The van der Waals surface area contributed by atoms with Crippen molar-refractivity contribution >= 4 is 5.91 Å². The summed E-state index contributed by atoms with van der Waals surface area (Å²) in [6, 6.07) is -0.427. The monoisotopic (exact) mass is 234 g/mol. The molecule has 0 aliphatic carbocycles. The molecule has 0 aliphatic heterocycles. The van der Waals surface area contributed by atoms with Gasteiger partial charge in [-0.25, -0.2) is 0 Å².